The van der Waals surface area contributed by atoms with Gasteiger partial charge in [-0.1, -0.05) is 108 Å². The van der Waals surface area contributed by atoms with Crippen molar-refractivity contribution in [3.05, 3.63) is 119 Å². The molecule has 1 heteroatoms. The van der Waals surface area contributed by atoms with Crippen molar-refractivity contribution in [2.75, 3.05) is 0 Å². The van der Waals surface area contributed by atoms with Crippen molar-refractivity contribution < 1.29 is 0 Å². The van der Waals surface area contributed by atoms with Gasteiger partial charge in [0.25, 0.3) is 0 Å². The van der Waals surface area contributed by atoms with Crippen molar-refractivity contribution in [1.29, 1.82) is 0 Å². The maximum absolute atomic E-state index is 2.80. The van der Waals surface area contributed by atoms with Crippen LogP contribution in [0.15, 0.2) is 119 Å². The van der Waals surface area contributed by atoms with E-state index in [0.29, 0.717) is 23.3 Å². The third kappa shape index (κ3) is 3.76. The highest BCUT2D eigenvalue weighted by molar-refractivity contribution is 6.75. The molecule has 5 rings (SSSR count). The highest BCUT2D eigenvalue weighted by Gasteiger charge is 2.39. The van der Waals surface area contributed by atoms with Crippen molar-refractivity contribution in [1.82, 2.24) is 0 Å². The Morgan fingerprint density at radius 1 is 0.552 bits per heavy atom. The lowest BCUT2D eigenvalue weighted by molar-refractivity contribution is 0.686. The van der Waals surface area contributed by atoms with E-state index in [1.165, 1.54) is 12.8 Å². The van der Waals surface area contributed by atoms with Gasteiger partial charge in [-0.2, -0.15) is 0 Å². The van der Waals surface area contributed by atoms with Crippen LogP contribution in [-0.2, 0) is 0 Å². The number of hydrogen-bond acceptors (Lipinski definition) is 0. The minimum atomic E-state index is -1.23. The molecule has 4 aliphatic carbocycles. The first-order valence-electron chi connectivity index (χ1n) is 11.2. The Labute approximate surface area is 177 Å². The maximum Gasteiger partial charge on any atom is 0.0974 e. The van der Waals surface area contributed by atoms with Gasteiger partial charge >= 0.3 is 0 Å². The van der Waals surface area contributed by atoms with Gasteiger partial charge in [0, 0.05) is 11.8 Å². The zero-order valence-corrected chi connectivity index (χ0v) is 18.2. The van der Waals surface area contributed by atoms with E-state index in [9.17, 15) is 0 Å². The Balaban J connectivity index is 1.62. The molecule has 5 unspecified atom stereocenters. The third-order valence-corrected chi connectivity index (χ3v) is 10.5. The molecule has 0 saturated heterocycles. The van der Waals surface area contributed by atoms with Crippen LogP contribution in [0.25, 0.3) is 0 Å². The van der Waals surface area contributed by atoms with Crippen molar-refractivity contribution in [3.63, 3.8) is 0 Å². The normalized spacial score (nSPS) is 35.0. The van der Waals surface area contributed by atoms with Crippen LogP contribution < -0.4 is 0 Å². The van der Waals surface area contributed by atoms with E-state index in [4.69, 9.17) is 0 Å². The summed E-state index contributed by atoms with van der Waals surface area (Å²) in [7, 11) is -1.23. The molecule has 0 N–H and O–H groups in total. The van der Waals surface area contributed by atoms with Crippen LogP contribution >= 0.6 is 0 Å². The van der Waals surface area contributed by atoms with Gasteiger partial charge in [-0.15, -0.1) is 0 Å². The molecule has 0 fully saturated rings. The highest BCUT2D eigenvalue weighted by atomic mass is 28.3. The Kier molecular flexibility index (Phi) is 5.49. The van der Waals surface area contributed by atoms with E-state index >= 15 is 0 Å². The summed E-state index contributed by atoms with van der Waals surface area (Å²) in [6.45, 7) is 0. The fraction of sp³-hybridized carbons (Fsp3) is 0.286. The van der Waals surface area contributed by atoms with E-state index in [2.05, 4.69) is 103 Å². The van der Waals surface area contributed by atoms with Crippen molar-refractivity contribution in [2.24, 2.45) is 17.8 Å². The van der Waals surface area contributed by atoms with Gasteiger partial charge in [0.05, 0.1) is 8.80 Å². The summed E-state index contributed by atoms with van der Waals surface area (Å²) in [5.74, 6) is 1.68. The first-order chi connectivity index (χ1) is 14.4. The van der Waals surface area contributed by atoms with Crippen LogP contribution in [0, 0.1) is 17.8 Å². The van der Waals surface area contributed by atoms with Gasteiger partial charge in [0.1, 0.15) is 0 Å². The molecule has 5 atom stereocenters. The fourth-order valence-electron chi connectivity index (χ4n) is 5.55. The predicted molar refractivity (Wildman–Crippen MR) is 128 cm³/mol. The first kappa shape index (κ1) is 18.6. The molecule has 0 aromatic heterocycles. The number of hydrogen-bond donors (Lipinski definition) is 0. The summed E-state index contributed by atoms with van der Waals surface area (Å²) in [5.41, 5.74) is 6.88. The zero-order chi connectivity index (χ0) is 19.5. The second-order valence-electron chi connectivity index (χ2n) is 8.70. The maximum atomic E-state index is 2.80. The first-order valence-corrected chi connectivity index (χ1v) is 13.1. The van der Waals surface area contributed by atoms with Gasteiger partial charge < -0.3 is 0 Å². The number of allylic oxidation sites excluding steroid dienone is 19. The van der Waals surface area contributed by atoms with Gasteiger partial charge in [0.15, 0.2) is 0 Å². The fourth-order valence-corrected chi connectivity index (χ4v) is 9.56. The summed E-state index contributed by atoms with van der Waals surface area (Å²) in [6, 6.07) is 0. The van der Waals surface area contributed by atoms with Crippen molar-refractivity contribution in [2.45, 2.75) is 31.2 Å². The molecule has 0 radical (unpaired) electrons. The molecule has 29 heavy (non-hydrogen) atoms. The molecule has 0 bridgehead atoms. The molecule has 1 aliphatic heterocycles. The summed E-state index contributed by atoms with van der Waals surface area (Å²) < 4.78 is 0. The van der Waals surface area contributed by atoms with E-state index < -0.39 is 8.80 Å². The SMILES string of the molecule is C1=CCC(C2=C[SiH](C3C=CC=CC3)C(C3C=CC=CC3)=C2C2C=CC=CC2)C=C1. The molecule has 0 saturated carbocycles. The minimum Gasteiger partial charge on any atom is -0.0886 e. The molecule has 5 aliphatic rings. The summed E-state index contributed by atoms with van der Waals surface area (Å²) >= 11 is 0. The van der Waals surface area contributed by atoms with Crippen LogP contribution in [0.5, 0.6) is 0 Å². The molecule has 0 aromatic rings. The molecule has 146 valence electrons. The third-order valence-electron chi connectivity index (χ3n) is 6.93. The van der Waals surface area contributed by atoms with E-state index in [-0.39, 0.29) is 0 Å². The van der Waals surface area contributed by atoms with Gasteiger partial charge in [-0.3, -0.25) is 0 Å². The monoisotopic (exact) mass is 394 g/mol. The lowest BCUT2D eigenvalue weighted by Crippen LogP contribution is -2.25. The summed E-state index contributed by atoms with van der Waals surface area (Å²) in [5, 5.41) is 1.83. The average molecular weight is 395 g/mol. The molecule has 0 amide bonds. The molecule has 0 aromatic carbocycles. The lowest BCUT2D eigenvalue weighted by Gasteiger charge is -2.30. The Hall–Kier alpha value is -2.38. The van der Waals surface area contributed by atoms with Crippen LogP contribution in [0.3, 0.4) is 0 Å². The largest absolute Gasteiger partial charge is 0.0974 e. The molecule has 0 spiro atoms. The summed E-state index contributed by atoms with van der Waals surface area (Å²) in [4.78, 5) is 0. The lowest BCUT2D eigenvalue weighted by atomic mass is 9.78. The van der Waals surface area contributed by atoms with Crippen LogP contribution in [0.4, 0.5) is 0 Å². The predicted octanol–water partition coefficient (Wildman–Crippen LogP) is 6.81. The van der Waals surface area contributed by atoms with E-state index in [0.717, 1.165) is 12.8 Å². The zero-order valence-electron chi connectivity index (χ0n) is 17.0. The topological polar surface area (TPSA) is 0 Å². The Morgan fingerprint density at radius 2 is 1.10 bits per heavy atom. The second kappa shape index (κ2) is 8.55. The molecular formula is C28H30Si. The molecular weight excluding hydrogens is 364 g/mol. The molecule has 1 heterocycles. The van der Waals surface area contributed by atoms with Crippen molar-refractivity contribution >= 4 is 8.80 Å². The quantitative estimate of drug-likeness (QED) is 0.459. The average Bonchev–Trinajstić information content (AvgIpc) is 3.22. The number of rotatable bonds is 4. The van der Waals surface area contributed by atoms with Gasteiger partial charge in [0.2, 0.25) is 0 Å². The van der Waals surface area contributed by atoms with Gasteiger partial charge in [-0.05, 0) is 48.3 Å². The second-order valence-corrected chi connectivity index (χ2v) is 11.6. The minimum absolute atomic E-state index is 0.542. The molecule has 0 nitrogen and oxygen atoms in total. The van der Waals surface area contributed by atoms with Gasteiger partial charge in [-0.25, -0.2) is 0 Å². The summed E-state index contributed by atoms with van der Waals surface area (Å²) in [6.07, 6.45) is 42.0. The highest BCUT2D eigenvalue weighted by Crippen LogP contribution is 2.48. The van der Waals surface area contributed by atoms with Crippen molar-refractivity contribution in [3.8, 4) is 0 Å². The van der Waals surface area contributed by atoms with Crippen LogP contribution in [-0.4, -0.2) is 8.80 Å². The van der Waals surface area contributed by atoms with Crippen LogP contribution in [0.1, 0.15) is 25.7 Å². The Morgan fingerprint density at radius 3 is 1.66 bits per heavy atom. The smallest absolute Gasteiger partial charge is 0.0886 e. The van der Waals surface area contributed by atoms with Crippen LogP contribution in [0.2, 0.25) is 5.54 Å². The standard InChI is InChI=1S/C28H30Si/c1-5-13-22(14-6-1)26-21-29(25-19-11-4-12-20-25)28(24-17-9-3-10-18-24)27(26)23-15-7-2-8-16-23/h1-13,15,17,19,21-25,29H,14,16,18,20H2. The Bertz CT molecular complexity index is 941. The van der Waals surface area contributed by atoms with E-state index in [1.807, 2.05) is 5.20 Å². The van der Waals surface area contributed by atoms with E-state index in [1.54, 1.807) is 11.1 Å².